The van der Waals surface area contributed by atoms with Gasteiger partial charge in [-0.05, 0) is 25.7 Å². The van der Waals surface area contributed by atoms with Gasteiger partial charge in [-0.3, -0.25) is 4.79 Å². The Bertz CT molecular complexity index is 520. The van der Waals surface area contributed by atoms with Crippen LogP contribution in [0.2, 0.25) is 0 Å². The van der Waals surface area contributed by atoms with Crippen LogP contribution in [0.5, 0.6) is 0 Å². The van der Waals surface area contributed by atoms with Crippen molar-refractivity contribution >= 4 is 17.5 Å². The van der Waals surface area contributed by atoms with E-state index in [2.05, 4.69) is 25.6 Å². The van der Waals surface area contributed by atoms with Gasteiger partial charge in [-0.15, -0.1) is 0 Å². The minimum absolute atomic E-state index is 0.187. The van der Waals surface area contributed by atoms with Crippen LogP contribution in [0.3, 0.4) is 0 Å². The maximum Gasteiger partial charge on any atom is 0.220 e. The fraction of sp³-hybridized carbons (Fsp3) is 0.615. The predicted octanol–water partition coefficient (Wildman–Crippen LogP) is 0.176. The summed E-state index contributed by atoms with van der Waals surface area (Å²) in [7, 11) is 0. The molecule has 3 rings (SSSR count). The molecule has 1 aromatic rings. The average Bonchev–Trinajstić information content (AvgIpc) is 2.46. The third kappa shape index (κ3) is 2.53. The Balaban J connectivity index is 1.76. The molecule has 2 atom stereocenters. The molecule has 2 aliphatic rings. The topological polar surface area (TPSA) is 96.2 Å². The van der Waals surface area contributed by atoms with Crippen molar-refractivity contribution in [3.63, 3.8) is 0 Å². The van der Waals surface area contributed by atoms with E-state index in [0.717, 1.165) is 31.7 Å². The number of amides is 1. The third-order valence-electron chi connectivity index (χ3n) is 4.12. The number of fused-ring (bicyclic) bond motifs is 1. The summed E-state index contributed by atoms with van der Waals surface area (Å²) in [5, 5.41) is 3.09. The van der Waals surface area contributed by atoms with Crippen molar-refractivity contribution in [1.82, 2.24) is 15.3 Å². The van der Waals surface area contributed by atoms with E-state index in [0.29, 0.717) is 30.0 Å². The summed E-state index contributed by atoms with van der Waals surface area (Å²) in [5.74, 6) is 8.36. The van der Waals surface area contributed by atoms with Gasteiger partial charge in [0.1, 0.15) is 17.5 Å². The van der Waals surface area contributed by atoms with Crippen molar-refractivity contribution in [1.29, 1.82) is 0 Å². The molecule has 1 amide bonds. The van der Waals surface area contributed by atoms with Crippen molar-refractivity contribution in [2.75, 3.05) is 23.4 Å². The zero-order valence-electron chi connectivity index (χ0n) is 11.6. The summed E-state index contributed by atoms with van der Waals surface area (Å²) >= 11 is 0. The lowest BCUT2D eigenvalue weighted by Crippen LogP contribution is -2.54. The second-order valence-electron chi connectivity index (χ2n) is 5.51. The highest BCUT2D eigenvalue weighted by molar-refractivity contribution is 5.77. The third-order valence-corrected chi connectivity index (χ3v) is 4.12. The van der Waals surface area contributed by atoms with Crippen molar-refractivity contribution in [3.8, 4) is 0 Å². The van der Waals surface area contributed by atoms with Crippen molar-refractivity contribution in [2.45, 2.75) is 32.2 Å². The van der Waals surface area contributed by atoms with Gasteiger partial charge < -0.3 is 15.6 Å². The molecule has 0 aromatic carbocycles. The van der Waals surface area contributed by atoms with E-state index in [9.17, 15) is 4.79 Å². The van der Waals surface area contributed by atoms with Crippen LogP contribution >= 0.6 is 0 Å². The lowest BCUT2D eigenvalue weighted by molar-refractivity contribution is -0.124. The molecule has 4 N–H and O–H groups in total. The molecule has 1 aromatic heterocycles. The highest BCUT2D eigenvalue weighted by Gasteiger charge is 2.34. The summed E-state index contributed by atoms with van der Waals surface area (Å²) in [6.45, 7) is 3.67. The molecule has 0 saturated carbocycles. The lowest BCUT2D eigenvalue weighted by atomic mass is 9.85. The molecular weight excluding hydrogens is 256 g/mol. The van der Waals surface area contributed by atoms with Gasteiger partial charge in [0.25, 0.3) is 0 Å². The Morgan fingerprint density at radius 3 is 3.10 bits per heavy atom. The van der Waals surface area contributed by atoms with Crippen LogP contribution in [0, 0.1) is 12.8 Å². The number of piperidine rings is 2. The molecule has 2 unspecified atom stereocenters. The molecule has 0 radical (unpaired) electrons. The van der Waals surface area contributed by atoms with Crippen molar-refractivity contribution < 1.29 is 4.79 Å². The number of nitrogens with zero attached hydrogens (tertiary/aromatic N) is 3. The predicted molar refractivity (Wildman–Crippen MR) is 76.1 cm³/mol. The largest absolute Gasteiger partial charge is 0.356 e. The summed E-state index contributed by atoms with van der Waals surface area (Å²) in [6.07, 6.45) is 2.55. The zero-order chi connectivity index (χ0) is 14.1. The lowest BCUT2D eigenvalue weighted by Gasteiger charge is -2.41. The Morgan fingerprint density at radius 1 is 1.45 bits per heavy atom. The molecule has 0 spiro atoms. The number of nitrogens with two attached hydrogens (primary N) is 1. The molecule has 7 nitrogen and oxygen atoms in total. The Kier molecular flexibility index (Phi) is 3.43. The fourth-order valence-electron chi connectivity index (χ4n) is 3.11. The van der Waals surface area contributed by atoms with Gasteiger partial charge in [0.05, 0.1) is 0 Å². The van der Waals surface area contributed by atoms with Gasteiger partial charge in [0, 0.05) is 31.6 Å². The molecule has 3 heterocycles. The number of hydrazine groups is 1. The Labute approximate surface area is 117 Å². The molecule has 2 saturated heterocycles. The maximum absolute atomic E-state index is 11.4. The maximum atomic E-state index is 11.4. The van der Waals surface area contributed by atoms with Crippen LogP contribution in [0.4, 0.5) is 11.6 Å². The minimum Gasteiger partial charge on any atom is -0.356 e. The molecule has 2 aliphatic heterocycles. The molecule has 7 heteroatoms. The second kappa shape index (κ2) is 5.24. The van der Waals surface area contributed by atoms with E-state index in [1.165, 1.54) is 0 Å². The van der Waals surface area contributed by atoms with E-state index in [-0.39, 0.29) is 5.91 Å². The van der Waals surface area contributed by atoms with Gasteiger partial charge in [-0.1, -0.05) is 0 Å². The summed E-state index contributed by atoms with van der Waals surface area (Å²) in [6, 6.07) is 2.19. The van der Waals surface area contributed by atoms with Crippen LogP contribution in [0.15, 0.2) is 6.07 Å². The highest BCUT2D eigenvalue weighted by atomic mass is 16.1. The number of carbonyl (C=O) groups excluding carboxylic acids is 1. The molecule has 0 aliphatic carbocycles. The van der Waals surface area contributed by atoms with E-state index in [1.54, 1.807) is 0 Å². The van der Waals surface area contributed by atoms with Crippen LogP contribution in [-0.4, -0.2) is 35.0 Å². The number of hydrogen-bond donors (Lipinski definition) is 3. The first-order valence-electron chi connectivity index (χ1n) is 7.02. The van der Waals surface area contributed by atoms with Crippen LogP contribution in [0.1, 0.15) is 25.1 Å². The van der Waals surface area contributed by atoms with Gasteiger partial charge in [-0.25, -0.2) is 15.8 Å². The Morgan fingerprint density at radius 2 is 2.30 bits per heavy atom. The summed E-state index contributed by atoms with van der Waals surface area (Å²) in [4.78, 5) is 22.4. The van der Waals surface area contributed by atoms with E-state index in [1.807, 2.05) is 13.0 Å². The summed E-state index contributed by atoms with van der Waals surface area (Å²) in [5.41, 5.74) is 2.57. The van der Waals surface area contributed by atoms with Gasteiger partial charge in [0.15, 0.2) is 0 Å². The monoisotopic (exact) mass is 276 g/mol. The van der Waals surface area contributed by atoms with E-state index < -0.39 is 0 Å². The Hall–Kier alpha value is -1.89. The fourth-order valence-corrected chi connectivity index (χ4v) is 3.11. The van der Waals surface area contributed by atoms with Crippen molar-refractivity contribution in [2.24, 2.45) is 11.8 Å². The first kappa shape index (κ1) is 13.1. The van der Waals surface area contributed by atoms with Gasteiger partial charge >= 0.3 is 0 Å². The van der Waals surface area contributed by atoms with Crippen LogP contribution in [-0.2, 0) is 4.79 Å². The highest BCUT2D eigenvalue weighted by Crippen LogP contribution is 2.28. The van der Waals surface area contributed by atoms with Crippen molar-refractivity contribution in [3.05, 3.63) is 11.9 Å². The zero-order valence-corrected chi connectivity index (χ0v) is 11.6. The number of hydrogen-bond acceptors (Lipinski definition) is 6. The van der Waals surface area contributed by atoms with Gasteiger partial charge in [-0.2, -0.15) is 0 Å². The number of nitrogen functional groups attached to an aromatic ring is 1. The standard InChI is InChI=1S/C13H20N6O/c1-8-15-11(18-14)6-12(16-8)19-5-4-10-9(7-19)2-3-13(20)17-10/h6,9-10H,2-5,7,14H2,1H3,(H,17,20)(H,15,16,18). The number of aromatic nitrogens is 2. The van der Waals surface area contributed by atoms with E-state index >= 15 is 0 Å². The number of rotatable bonds is 2. The number of anilines is 2. The SMILES string of the molecule is Cc1nc(NN)cc(N2CCC3NC(=O)CCC3C2)n1. The summed E-state index contributed by atoms with van der Waals surface area (Å²) < 4.78 is 0. The first-order valence-corrected chi connectivity index (χ1v) is 7.02. The smallest absolute Gasteiger partial charge is 0.220 e. The quantitative estimate of drug-likeness (QED) is 0.526. The minimum atomic E-state index is 0.187. The first-order chi connectivity index (χ1) is 9.65. The molecule has 108 valence electrons. The number of carbonyl (C=O) groups is 1. The number of nitrogens with one attached hydrogen (secondary N) is 2. The molecule has 20 heavy (non-hydrogen) atoms. The van der Waals surface area contributed by atoms with Crippen LogP contribution in [0.25, 0.3) is 0 Å². The van der Waals surface area contributed by atoms with Crippen LogP contribution < -0.4 is 21.5 Å². The van der Waals surface area contributed by atoms with E-state index in [4.69, 9.17) is 5.84 Å². The molecule has 2 fully saturated rings. The molecular formula is C13H20N6O. The van der Waals surface area contributed by atoms with Gasteiger partial charge in [0.2, 0.25) is 5.91 Å². The average molecular weight is 276 g/mol. The number of aryl methyl sites for hydroxylation is 1. The second-order valence-corrected chi connectivity index (χ2v) is 5.51. The molecule has 0 bridgehead atoms. The normalized spacial score (nSPS) is 25.9.